The van der Waals surface area contributed by atoms with Crippen LogP contribution in [0.4, 0.5) is 17.6 Å². The number of alkyl halides is 4. The van der Waals surface area contributed by atoms with Crippen molar-refractivity contribution in [3.63, 3.8) is 0 Å². The van der Waals surface area contributed by atoms with Gasteiger partial charge in [-0.1, -0.05) is 41.4 Å². The Morgan fingerprint density at radius 1 is 1.20 bits per heavy atom. The van der Waals surface area contributed by atoms with E-state index in [1.54, 1.807) is 24.3 Å². The monoisotopic (exact) mass is 464 g/mol. The quantitative estimate of drug-likeness (QED) is 0.585. The third-order valence-electron chi connectivity index (χ3n) is 5.20. The van der Waals surface area contributed by atoms with Gasteiger partial charge in [0.15, 0.2) is 0 Å². The third-order valence-corrected chi connectivity index (χ3v) is 5.85. The molecular formula is C20H18Cl2F4N2O2. The molecule has 1 fully saturated rings. The second-order valence-electron chi connectivity index (χ2n) is 7.25. The number of aliphatic hydroxyl groups is 1. The molecule has 1 saturated carbocycles. The van der Waals surface area contributed by atoms with Crippen LogP contribution >= 0.6 is 23.2 Å². The van der Waals surface area contributed by atoms with E-state index in [9.17, 15) is 27.5 Å². The maximum absolute atomic E-state index is 13.7. The summed E-state index contributed by atoms with van der Waals surface area (Å²) in [5, 5.41) is 13.7. The van der Waals surface area contributed by atoms with Crippen LogP contribution in [0.3, 0.4) is 0 Å². The van der Waals surface area contributed by atoms with Crippen molar-refractivity contribution < 1.29 is 27.5 Å². The lowest BCUT2D eigenvalue weighted by Gasteiger charge is -2.41. The van der Waals surface area contributed by atoms with Crippen LogP contribution in [0.15, 0.2) is 36.5 Å². The summed E-state index contributed by atoms with van der Waals surface area (Å²) in [6.45, 7) is 0. The molecule has 0 saturated heterocycles. The number of hydrogen-bond donors (Lipinski definition) is 2. The number of carbonyl (C=O) groups excluding carboxylic acids is 1. The summed E-state index contributed by atoms with van der Waals surface area (Å²) in [6.07, 6.45) is -4.84. The highest BCUT2D eigenvalue weighted by atomic mass is 35.5. The van der Waals surface area contributed by atoms with E-state index in [2.05, 4.69) is 10.3 Å². The summed E-state index contributed by atoms with van der Waals surface area (Å²) < 4.78 is 52.7. The Hall–Kier alpha value is -1.90. The summed E-state index contributed by atoms with van der Waals surface area (Å²) in [5.74, 6) is -0.936. The molecule has 162 valence electrons. The van der Waals surface area contributed by atoms with E-state index in [1.807, 2.05) is 0 Å². The minimum atomic E-state index is -4.76. The molecule has 2 aromatic rings. The van der Waals surface area contributed by atoms with Gasteiger partial charge in [0.2, 0.25) is 0 Å². The van der Waals surface area contributed by atoms with Gasteiger partial charge < -0.3 is 10.4 Å². The van der Waals surface area contributed by atoms with Crippen molar-refractivity contribution in [1.29, 1.82) is 0 Å². The predicted molar refractivity (Wildman–Crippen MR) is 104 cm³/mol. The molecule has 3 rings (SSSR count). The molecular weight excluding hydrogens is 447 g/mol. The fraction of sp³-hybridized carbons (Fsp3) is 0.400. The number of carbonyl (C=O) groups is 1. The van der Waals surface area contributed by atoms with Crippen LogP contribution < -0.4 is 5.32 Å². The van der Waals surface area contributed by atoms with Gasteiger partial charge in [-0.15, -0.1) is 0 Å². The molecule has 10 heteroatoms. The molecule has 0 aliphatic heterocycles. The van der Waals surface area contributed by atoms with E-state index in [1.165, 1.54) is 0 Å². The summed E-state index contributed by atoms with van der Waals surface area (Å²) >= 11 is 12.2. The number of pyridine rings is 1. The molecule has 1 atom stereocenters. The zero-order valence-corrected chi connectivity index (χ0v) is 17.0. The zero-order chi connectivity index (χ0) is 22.1. The number of nitrogens with zero attached hydrogens (tertiary/aromatic N) is 1. The Kier molecular flexibility index (Phi) is 6.60. The Labute approximate surface area is 180 Å². The Bertz CT molecular complexity index is 931. The number of hydrogen-bond acceptors (Lipinski definition) is 3. The standard InChI is InChI=1S/C20H18Cl2F4N2O2/c21-14-4-2-1-3-12(14)17(19(30)7-5-11(23)6-8-19)28-18(29)13-9-16(20(24,25)26)27-10-15(13)22/h1-4,9-11,17,30H,5-8H2,(H,28,29)/t11-,17?,19+. The van der Waals surface area contributed by atoms with E-state index in [0.717, 1.165) is 6.20 Å². The topological polar surface area (TPSA) is 62.2 Å². The van der Waals surface area contributed by atoms with Gasteiger partial charge in [0.25, 0.3) is 5.91 Å². The van der Waals surface area contributed by atoms with Gasteiger partial charge >= 0.3 is 6.18 Å². The SMILES string of the molecule is O=C(NC(c1ccccc1Cl)[C@]1(O)CC[C@@H](F)CC1)c1cc(C(F)(F)F)ncc1Cl. The molecule has 30 heavy (non-hydrogen) atoms. The predicted octanol–water partition coefficient (Wildman–Crippen LogP) is 5.52. The molecule has 1 aliphatic carbocycles. The lowest BCUT2D eigenvalue weighted by atomic mass is 9.76. The van der Waals surface area contributed by atoms with E-state index in [-0.39, 0.29) is 35.7 Å². The summed E-state index contributed by atoms with van der Waals surface area (Å²) in [7, 11) is 0. The number of aromatic nitrogens is 1. The first kappa shape index (κ1) is 22.8. The molecule has 0 radical (unpaired) electrons. The van der Waals surface area contributed by atoms with Crippen molar-refractivity contribution in [3.8, 4) is 0 Å². The molecule has 1 aromatic heterocycles. The highest BCUT2D eigenvalue weighted by Gasteiger charge is 2.43. The van der Waals surface area contributed by atoms with Crippen molar-refractivity contribution in [3.05, 3.63) is 63.4 Å². The van der Waals surface area contributed by atoms with Crippen molar-refractivity contribution >= 4 is 29.1 Å². The molecule has 1 heterocycles. The van der Waals surface area contributed by atoms with Gasteiger partial charge in [-0.3, -0.25) is 9.78 Å². The van der Waals surface area contributed by atoms with Crippen molar-refractivity contribution in [2.75, 3.05) is 0 Å². The first-order chi connectivity index (χ1) is 14.0. The molecule has 0 bridgehead atoms. The van der Waals surface area contributed by atoms with Gasteiger partial charge in [0.05, 0.1) is 22.2 Å². The second-order valence-corrected chi connectivity index (χ2v) is 8.07. The number of rotatable bonds is 4. The normalized spacial score (nSPS) is 23.1. The van der Waals surface area contributed by atoms with Crippen LogP contribution in [-0.2, 0) is 6.18 Å². The van der Waals surface area contributed by atoms with Gasteiger partial charge in [0, 0.05) is 11.2 Å². The molecule has 1 amide bonds. The summed E-state index contributed by atoms with van der Waals surface area (Å²) in [6, 6.07) is 5.91. The Balaban J connectivity index is 1.98. The summed E-state index contributed by atoms with van der Waals surface area (Å²) in [5.41, 5.74) is -2.88. The minimum absolute atomic E-state index is 0.0439. The van der Waals surface area contributed by atoms with Crippen LogP contribution in [0.25, 0.3) is 0 Å². The fourth-order valence-electron chi connectivity index (χ4n) is 3.56. The molecule has 1 unspecified atom stereocenters. The number of benzene rings is 1. The van der Waals surface area contributed by atoms with Crippen LogP contribution in [0.1, 0.15) is 53.3 Å². The lowest BCUT2D eigenvalue weighted by Crippen LogP contribution is -2.48. The van der Waals surface area contributed by atoms with Gasteiger partial charge in [-0.05, 0) is 43.4 Å². The van der Waals surface area contributed by atoms with Gasteiger partial charge in [-0.25, -0.2) is 4.39 Å². The third kappa shape index (κ3) is 4.87. The zero-order valence-electron chi connectivity index (χ0n) is 15.5. The van der Waals surface area contributed by atoms with E-state index < -0.39 is 41.2 Å². The van der Waals surface area contributed by atoms with Crippen molar-refractivity contribution in [2.24, 2.45) is 0 Å². The number of nitrogens with one attached hydrogen (secondary N) is 1. The van der Waals surface area contributed by atoms with Crippen LogP contribution in [-0.4, -0.2) is 27.8 Å². The molecule has 4 nitrogen and oxygen atoms in total. The second kappa shape index (κ2) is 8.69. The van der Waals surface area contributed by atoms with Crippen LogP contribution in [0.5, 0.6) is 0 Å². The number of amides is 1. The summed E-state index contributed by atoms with van der Waals surface area (Å²) in [4.78, 5) is 16.1. The smallest absolute Gasteiger partial charge is 0.387 e. The van der Waals surface area contributed by atoms with Gasteiger partial charge in [0.1, 0.15) is 11.9 Å². The lowest BCUT2D eigenvalue weighted by molar-refractivity contribution is -0.141. The van der Waals surface area contributed by atoms with E-state index in [0.29, 0.717) is 11.6 Å². The molecule has 0 spiro atoms. The van der Waals surface area contributed by atoms with Crippen LogP contribution in [0, 0.1) is 0 Å². The Morgan fingerprint density at radius 2 is 1.83 bits per heavy atom. The largest absolute Gasteiger partial charge is 0.433 e. The molecule has 2 N–H and O–H groups in total. The van der Waals surface area contributed by atoms with E-state index >= 15 is 0 Å². The molecule has 1 aliphatic rings. The van der Waals surface area contributed by atoms with Gasteiger partial charge in [-0.2, -0.15) is 13.2 Å². The maximum atomic E-state index is 13.7. The van der Waals surface area contributed by atoms with Crippen molar-refractivity contribution in [1.82, 2.24) is 10.3 Å². The first-order valence-corrected chi connectivity index (χ1v) is 9.91. The highest BCUT2D eigenvalue weighted by molar-refractivity contribution is 6.33. The number of halogens is 6. The highest BCUT2D eigenvalue weighted by Crippen LogP contribution is 2.41. The average molecular weight is 465 g/mol. The van der Waals surface area contributed by atoms with E-state index in [4.69, 9.17) is 23.2 Å². The Morgan fingerprint density at radius 3 is 2.43 bits per heavy atom. The van der Waals surface area contributed by atoms with Crippen LogP contribution in [0.2, 0.25) is 10.0 Å². The maximum Gasteiger partial charge on any atom is 0.433 e. The minimum Gasteiger partial charge on any atom is -0.387 e. The fourth-order valence-corrected chi connectivity index (χ4v) is 3.99. The van der Waals surface area contributed by atoms with Crippen molar-refractivity contribution in [2.45, 2.75) is 49.7 Å². The first-order valence-electron chi connectivity index (χ1n) is 9.16. The molecule has 1 aromatic carbocycles. The average Bonchev–Trinajstić information content (AvgIpc) is 2.68.